The molecule has 3 aromatic rings. The van der Waals surface area contributed by atoms with Gasteiger partial charge in [-0.25, -0.2) is 9.97 Å². The number of ketones is 1. The van der Waals surface area contributed by atoms with Crippen LogP contribution in [-0.2, 0) is 27.2 Å². The molecule has 1 fully saturated rings. The summed E-state index contributed by atoms with van der Waals surface area (Å²) in [7, 11) is -2.83. The number of nitrogens with zero attached hydrogens (tertiary/aromatic N) is 4. The van der Waals surface area contributed by atoms with Crippen LogP contribution < -0.4 is 10.0 Å². The van der Waals surface area contributed by atoms with Gasteiger partial charge in [-0.1, -0.05) is 11.6 Å². The van der Waals surface area contributed by atoms with Gasteiger partial charge in [0.25, 0.3) is 0 Å². The Morgan fingerprint density at radius 3 is 2.76 bits per heavy atom. The number of halogens is 4. The van der Waals surface area contributed by atoms with E-state index in [-0.39, 0.29) is 47.0 Å². The van der Waals surface area contributed by atoms with Crippen LogP contribution in [0, 0.1) is 0 Å². The second-order valence-electron chi connectivity index (χ2n) is 8.49. The third-order valence-corrected chi connectivity index (χ3v) is 7.22. The molecule has 11 nitrogen and oxygen atoms in total. The summed E-state index contributed by atoms with van der Waals surface area (Å²) in [6, 6.07) is 3.88. The number of benzene rings is 1. The zero-order valence-corrected chi connectivity index (χ0v) is 21.3. The predicted octanol–water partition coefficient (Wildman–Crippen LogP) is 2.41. The third kappa shape index (κ3) is 6.47. The molecule has 1 saturated carbocycles. The molecule has 3 atom stereocenters. The van der Waals surface area contributed by atoms with Crippen LogP contribution in [0.5, 0.6) is 0 Å². The quantitative estimate of drug-likeness (QED) is 0.328. The van der Waals surface area contributed by atoms with Gasteiger partial charge in [-0.3, -0.25) is 13.7 Å². The van der Waals surface area contributed by atoms with Gasteiger partial charge >= 0.3 is 16.5 Å². The molecule has 0 radical (unpaired) electrons. The van der Waals surface area contributed by atoms with Gasteiger partial charge in [-0.05, 0) is 42.7 Å². The number of carbonyl (C=O) groups is 1. The number of aliphatic hydroxyl groups excluding tert-OH is 1. The summed E-state index contributed by atoms with van der Waals surface area (Å²) in [4.78, 5) is 21.2. The zero-order valence-electron chi connectivity index (χ0n) is 19.7. The van der Waals surface area contributed by atoms with Gasteiger partial charge in [-0.15, -0.1) is 0 Å². The van der Waals surface area contributed by atoms with E-state index in [4.69, 9.17) is 15.8 Å². The molecule has 1 aromatic carbocycles. The Labute approximate surface area is 220 Å². The number of carbonyl (C=O) groups excluding carboxylic acids is 1. The summed E-state index contributed by atoms with van der Waals surface area (Å²) in [6.07, 6.45) is -2.45. The molecule has 204 valence electrons. The first kappa shape index (κ1) is 27.9. The maximum atomic E-state index is 13.2. The fourth-order valence-corrected chi connectivity index (χ4v) is 4.77. The topological polar surface area (TPSA) is 148 Å². The fraction of sp³-hybridized carbons (Fsp3) is 0.364. The normalized spacial score (nSPS) is 20.0. The highest BCUT2D eigenvalue weighted by Gasteiger charge is 2.37. The van der Waals surface area contributed by atoms with E-state index in [0.29, 0.717) is 0 Å². The van der Waals surface area contributed by atoms with Crippen LogP contribution >= 0.6 is 11.6 Å². The molecule has 16 heteroatoms. The second kappa shape index (κ2) is 10.9. The summed E-state index contributed by atoms with van der Waals surface area (Å²) < 4.78 is 70.8. The van der Waals surface area contributed by atoms with Crippen molar-refractivity contribution in [3.8, 4) is 0 Å². The molecule has 4 rings (SSSR count). The van der Waals surface area contributed by atoms with Crippen LogP contribution in [0.4, 0.5) is 19.0 Å². The van der Waals surface area contributed by atoms with Crippen molar-refractivity contribution in [2.75, 3.05) is 12.4 Å². The van der Waals surface area contributed by atoms with Crippen molar-refractivity contribution in [2.45, 2.75) is 43.8 Å². The molecular weight excluding hydrogens is 553 g/mol. The summed E-state index contributed by atoms with van der Waals surface area (Å²) in [5.74, 6) is -0.430. The molecular formula is C22H22ClF3N6O5S. The highest BCUT2D eigenvalue weighted by atomic mass is 35.5. The Kier molecular flexibility index (Phi) is 8.04. The maximum absolute atomic E-state index is 13.2. The first-order chi connectivity index (χ1) is 17.9. The molecule has 0 aliphatic heterocycles. The predicted molar refractivity (Wildman–Crippen MR) is 129 cm³/mol. The van der Waals surface area contributed by atoms with E-state index in [2.05, 4.69) is 20.4 Å². The third-order valence-electron chi connectivity index (χ3n) is 5.85. The number of nitrogens with one attached hydrogen (secondary N) is 2. The van der Waals surface area contributed by atoms with Crippen LogP contribution in [0.2, 0.25) is 5.02 Å². The van der Waals surface area contributed by atoms with E-state index < -0.39 is 46.1 Å². The molecule has 0 unspecified atom stereocenters. The highest BCUT2D eigenvalue weighted by molar-refractivity contribution is 7.84. The van der Waals surface area contributed by atoms with Gasteiger partial charge in [0.1, 0.15) is 23.9 Å². The molecule has 3 N–H and O–H groups in total. The Morgan fingerprint density at radius 1 is 1.29 bits per heavy atom. The lowest BCUT2D eigenvalue weighted by Gasteiger charge is -2.15. The van der Waals surface area contributed by atoms with Crippen molar-refractivity contribution in [1.82, 2.24) is 24.5 Å². The van der Waals surface area contributed by atoms with Crippen molar-refractivity contribution < 1.29 is 35.7 Å². The van der Waals surface area contributed by atoms with E-state index >= 15 is 0 Å². The maximum Gasteiger partial charge on any atom is 0.416 e. The van der Waals surface area contributed by atoms with Crippen LogP contribution in [-0.4, -0.2) is 64.4 Å². The summed E-state index contributed by atoms with van der Waals surface area (Å²) in [5, 5.41) is 17.5. The average molecular weight is 575 g/mol. The van der Waals surface area contributed by atoms with Gasteiger partial charge in [-0.2, -0.15) is 31.4 Å². The molecule has 2 aromatic heterocycles. The fourth-order valence-electron chi connectivity index (χ4n) is 3.97. The number of alkyl halides is 3. The van der Waals surface area contributed by atoms with Crippen LogP contribution in [0.25, 0.3) is 0 Å². The highest BCUT2D eigenvalue weighted by Crippen LogP contribution is 2.32. The number of anilines is 1. The van der Waals surface area contributed by atoms with Crippen LogP contribution in [0.3, 0.4) is 0 Å². The first-order valence-electron chi connectivity index (χ1n) is 11.2. The SMILES string of the molecule is CNS(=O)(=O)O[C@@H]1C[C@H](Nc2ncncc2C(=O)c2ccn(Cc3cc(C(F)(F)F)ccc3Cl)n2)C[C@@H]1O. The minimum absolute atomic E-state index is 0.0151. The molecule has 0 spiro atoms. The van der Waals surface area contributed by atoms with E-state index in [9.17, 15) is 31.5 Å². The Morgan fingerprint density at radius 2 is 2.05 bits per heavy atom. The Balaban J connectivity index is 1.49. The zero-order chi connectivity index (χ0) is 27.7. The standard InChI is InChI=1S/C22H22ClF3N6O5S/c1-27-38(35,36)37-19-8-14(7-18(19)33)30-21-15(9-28-11-29-21)20(34)17-4-5-32(31-17)10-12-6-13(22(24,25)26)2-3-16(12)23/h2-6,9,11,14,18-19,27,33H,7-8,10H2,1H3,(H,28,29,30)/t14-,18+,19-/m1/s1. The molecule has 0 saturated heterocycles. The number of aromatic nitrogens is 4. The van der Waals surface area contributed by atoms with Gasteiger partial charge in [0, 0.05) is 30.5 Å². The van der Waals surface area contributed by atoms with Crippen molar-refractivity contribution in [1.29, 1.82) is 0 Å². The van der Waals surface area contributed by atoms with E-state index in [0.717, 1.165) is 18.2 Å². The summed E-state index contributed by atoms with van der Waals surface area (Å²) in [5.41, 5.74) is -0.646. The second-order valence-corrected chi connectivity index (χ2v) is 10.4. The summed E-state index contributed by atoms with van der Waals surface area (Å²) >= 11 is 6.06. The van der Waals surface area contributed by atoms with Crippen LogP contribution in [0.1, 0.15) is 40.0 Å². The smallest absolute Gasteiger partial charge is 0.390 e. The monoisotopic (exact) mass is 574 g/mol. The lowest BCUT2D eigenvalue weighted by atomic mass is 10.1. The van der Waals surface area contributed by atoms with Crippen LogP contribution in [0.15, 0.2) is 43.0 Å². The van der Waals surface area contributed by atoms with Crippen molar-refractivity contribution in [3.63, 3.8) is 0 Å². The number of rotatable bonds is 9. The average Bonchev–Trinajstić information content (AvgIpc) is 3.45. The van der Waals surface area contributed by atoms with Crippen molar-refractivity contribution in [3.05, 3.63) is 70.4 Å². The van der Waals surface area contributed by atoms with Crippen molar-refractivity contribution in [2.24, 2.45) is 0 Å². The minimum atomic E-state index is -4.54. The lowest BCUT2D eigenvalue weighted by Crippen LogP contribution is -2.31. The Hall–Kier alpha value is -3.11. The van der Waals surface area contributed by atoms with Gasteiger partial charge in [0.05, 0.1) is 23.8 Å². The van der Waals surface area contributed by atoms with E-state index in [1.54, 1.807) is 0 Å². The summed E-state index contributed by atoms with van der Waals surface area (Å²) in [6.45, 7) is -0.108. The van der Waals surface area contributed by atoms with Gasteiger partial charge in [0.15, 0.2) is 0 Å². The molecule has 0 amide bonds. The largest absolute Gasteiger partial charge is 0.416 e. The molecule has 1 aliphatic rings. The molecule has 1 aliphatic carbocycles. The minimum Gasteiger partial charge on any atom is -0.390 e. The number of hydrogen-bond acceptors (Lipinski definition) is 9. The van der Waals surface area contributed by atoms with Gasteiger partial charge < -0.3 is 10.4 Å². The first-order valence-corrected chi connectivity index (χ1v) is 12.9. The number of aliphatic hydroxyl groups is 1. The molecule has 0 bridgehead atoms. The van der Waals surface area contributed by atoms with Gasteiger partial charge in [0.2, 0.25) is 5.78 Å². The van der Waals surface area contributed by atoms with Crippen molar-refractivity contribution >= 4 is 33.5 Å². The Bertz CT molecular complexity index is 1430. The molecule has 38 heavy (non-hydrogen) atoms. The van der Waals surface area contributed by atoms with E-state index in [1.807, 2.05) is 4.72 Å². The van der Waals surface area contributed by atoms with E-state index in [1.165, 1.54) is 36.5 Å². The molecule has 2 heterocycles. The lowest BCUT2D eigenvalue weighted by molar-refractivity contribution is -0.137. The number of hydrogen-bond donors (Lipinski definition) is 3.